The Morgan fingerprint density at radius 3 is 2.74 bits per heavy atom. The first kappa shape index (κ1) is 19.4. The number of aromatic nitrogens is 2. The maximum absolute atomic E-state index is 13.0. The quantitative estimate of drug-likeness (QED) is 0.884. The zero-order valence-corrected chi connectivity index (χ0v) is 15.6. The summed E-state index contributed by atoms with van der Waals surface area (Å²) in [5.74, 6) is -1.42. The molecule has 0 spiro atoms. The molecule has 0 saturated heterocycles. The van der Waals surface area contributed by atoms with E-state index in [1.165, 1.54) is 10.8 Å². The van der Waals surface area contributed by atoms with Gasteiger partial charge in [-0.2, -0.15) is 13.2 Å². The molecule has 8 heteroatoms. The Labute approximate surface area is 156 Å². The predicted molar refractivity (Wildman–Crippen MR) is 96.2 cm³/mol. The van der Waals surface area contributed by atoms with E-state index in [0.29, 0.717) is 17.8 Å². The van der Waals surface area contributed by atoms with Crippen molar-refractivity contribution in [2.75, 3.05) is 19.4 Å². The second-order valence-corrected chi connectivity index (χ2v) is 7.35. The molecule has 0 unspecified atom stereocenters. The number of anilines is 1. The lowest BCUT2D eigenvalue weighted by molar-refractivity contribution is -0.147. The van der Waals surface area contributed by atoms with Gasteiger partial charge in [-0.05, 0) is 50.7 Å². The van der Waals surface area contributed by atoms with Crippen LogP contribution < -0.4 is 5.32 Å². The summed E-state index contributed by atoms with van der Waals surface area (Å²) in [7, 11) is 3.95. The van der Waals surface area contributed by atoms with Crippen LogP contribution in [0.5, 0.6) is 0 Å². The van der Waals surface area contributed by atoms with Gasteiger partial charge in [0.2, 0.25) is 11.7 Å². The van der Waals surface area contributed by atoms with Crippen molar-refractivity contribution >= 4 is 11.6 Å². The van der Waals surface area contributed by atoms with E-state index in [0.717, 1.165) is 17.7 Å². The first-order valence-corrected chi connectivity index (χ1v) is 8.81. The van der Waals surface area contributed by atoms with Crippen LogP contribution in [-0.2, 0) is 30.5 Å². The molecule has 1 amide bonds. The lowest BCUT2D eigenvalue weighted by Crippen LogP contribution is -2.31. The minimum absolute atomic E-state index is 0.141. The van der Waals surface area contributed by atoms with E-state index in [1.807, 2.05) is 38.1 Å². The third-order valence-corrected chi connectivity index (χ3v) is 4.62. The fraction of sp³-hybridized carbons (Fsp3) is 0.474. The molecule has 0 bridgehead atoms. The fourth-order valence-corrected chi connectivity index (χ4v) is 3.55. The molecule has 1 atom stereocenters. The molecule has 2 heterocycles. The molecule has 1 aromatic heterocycles. The third kappa shape index (κ3) is 4.50. The molecule has 0 radical (unpaired) electrons. The number of carbonyl (C=O) groups is 1. The molecule has 1 aliphatic rings. The highest BCUT2D eigenvalue weighted by atomic mass is 19.4. The molecule has 1 N–H and O–H groups in total. The van der Waals surface area contributed by atoms with Crippen molar-refractivity contribution in [1.82, 2.24) is 14.5 Å². The van der Waals surface area contributed by atoms with Crippen molar-refractivity contribution in [2.24, 2.45) is 5.92 Å². The largest absolute Gasteiger partial charge is 0.449 e. The standard InChI is InChI=1S/C19H23F3N4O/c1-12-6-13(11-25(2)3)8-15(7-12)24-17(27)14-4-5-26-16(9-14)10-23-18(26)19(20,21)22/h6-8,10,14H,4-5,9,11H2,1-3H3,(H,24,27)/t14-/m1/s1. The van der Waals surface area contributed by atoms with Crippen LogP contribution in [0, 0.1) is 12.8 Å². The first-order valence-electron chi connectivity index (χ1n) is 8.81. The van der Waals surface area contributed by atoms with Crippen LogP contribution in [0.15, 0.2) is 24.4 Å². The van der Waals surface area contributed by atoms with E-state index in [1.54, 1.807) is 0 Å². The average Bonchev–Trinajstić information content (AvgIpc) is 2.96. The van der Waals surface area contributed by atoms with Crippen molar-refractivity contribution in [3.05, 3.63) is 47.0 Å². The van der Waals surface area contributed by atoms with Crippen LogP contribution in [0.3, 0.4) is 0 Å². The molecule has 0 aliphatic carbocycles. The Morgan fingerprint density at radius 2 is 2.07 bits per heavy atom. The zero-order chi connectivity index (χ0) is 19.8. The number of halogens is 3. The minimum Gasteiger partial charge on any atom is -0.326 e. The number of fused-ring (bicyclic) bond motifs is 1. The van der Waals surface area contributed by atoms with Gasteiger partial charge >= 0.3 is 6.18 Å². The highest BCUT2D eigenvalue weighted by molar-refractivity contribution is 5.93. The van der Waals surface area contributed by atoms with Crippen LogP contribution in [0.4, 0.5) is 18.9 Å². The Hall–Kier alpha value is -2.35. The van der Waals surface area contributed by atoms with Gasteiger partial charge in [-0.15, -0.1) is 0 Å². The first-order chi connectivity index (χ1) is 12.6. The molecular formula is C19H23F3N4O. The van der Waals surface area contributed by atoms with E-state index in [2.05, 4.69) is 16.4 Å². The van der Waals surface area contributed by atoms with Crippen molar-refractivity contribution < 1.29 is 18.0 Å². The lowest BCUT2D eigenvalue weighted by atomic mass is 9.95. The summed E-state index contributed by atoms with van der Waals surface area (Å²) in [6.45, 7) is 2.86. The number of hydrogen-bond acceptors (Lipinski definition) is 3. The van der Waals surface area contributed by atoms with Gasteiger partial charge in [-0.3, -0.25) is 4.79 Å². The lowest BCUT2D eigenvalue weighted by Gasteiger charge is -2.25. The maximum atomic E-state index is 13.0. The molecule has 3 rings (SSSR count). The number of nitrogens with one attached hydrogen (secondary N) is 1. The second-order valence-electron chi connectivity index (χ2n) is 7.35. The van der Waals surface area contributed by atoms with E-state index >= 15 is 0 Å². The summed E-state index contributed by atoms with van der Waals surface area (Å²) < 4.78 is 40.0. The van der Waals surface area contributed by atoms with Crippen LogP contribution in [0.1, 0.15) is 29.1 Å². The van der Waals surface area contributed by atoms with E-state index in [-0.39, 0.29) is 24.8 Å². The monoisotopic (exact) mass is 380 g/mol. The molecule has 0 fully saturated rings. The Morgan fingerprint density at radius 1 is 1.33 bits per heavy atom. The van der Waals surface area contributed by atoms with E-state index in [9.17, 15) is 18.0 Å². The summed E-state index contributed by atoms with van der Waals surface area (Å²) in [4.78, 5) is 18.2. The smallest absolute Gasteiger partial charge is 0.326 e. The van der Waals surface area contributed by atoms with Crippen molar-refractivity contribution in [3.8, 4) is 0 Å². The predicted octanol–water partition coefficient (Wildman–Crippen LogP) is 3.47. The van der Waals surface area contributed by atoms with Crippen molar-refractivity contribution in [2.45, 2.75) is 39.0 Å². The molecular weight excluding hydrogens is 357 g/mol. The van der Waals surface area contributed by atoms with Gasteiger partial charge in [-0.25, -0.2) is 4.98 Å². The highest BCUT2D eigenvalue weighted by Crippen LogP contribution is 2.32. The minimum atomic E-state index is -4.47. The molecule has 1 aliphatic heterocycles. The SMILES string of the molecule is Cc1cc(CN(C)C)cc(NC(=O)[C@@H]2CCn3c(cnc3C(F)(F)F)C2)c1. The summed E-state index contributed by atoms with van der Waals surface area (Å²) in [6.07, 6.45) is -2.64. The van der Waals surface area contributed by atoms with Gasteiger partial charge in [-0.1, -0.05) is 6.07 Å². The van der Waals surface area contributed by atoms with Crippen LogP contribution in [-0.4, -0.2) is 34.5 Å². The Kier molecular flexibility index (Phi) is 5.28. The topological polar surface area (TPSA) is 50.2 Å². The third-order valence-electron chi connectivity index (χ3n) is 4.62. The van der Waals surface area contributed by atoms with Crippen LogP contribution >= 0.6 is 0 Å². The average molecular weight is 380 g/mol. The fourth-order valence-electron chi connectivity index (χ4n) is 3.55. The Balaban J connectivity index is 1.71. The van der Waals surface area contributed by atoms with Gasteiger partial charge in [0.15, 0.2) is 0 Å². The molecule has 0 saturated carbocycles. The van der Waals surface area contributed by atoms with Crippen LogP contribution in [0.2, 0.25) is 0 Å². The molecule has 5 nitrogen and oxygen atoms in total. The van der Waals surface area contributed by atoms with Gasteiger partial charge in [0, 0.05) is 43.0 Å². The number of aryl methyl sites for hydroxylation is 1. The summed E-state index contributed by atoms with van der Waals surface area (Å²) in [5, 5.41) is 2.92. The number of amides is 1. The summed E-state index contributed by atoms with van der Waals surface area (Å²) >= 11 is 0. The van der Waals surface area contributed by atoms with E-state index in [4.69, 9.17) is 0 Å². The van der Waals surface area contributed by atoms with Gasteiger partial charge < -0.3 is 14.8 Å². The molecule has 146 valence electrons. The number of alkyl halides is 3. The second kappa shape index (κ2) is 7.34. The number of nitrogens with zero attached hydrogens (tertiary/aromatic N) is 3. The maximum Gasteiger partial charge on any atom is 0.449 e. The van der Waals surface area contributed by atoms with Gasteiger partial charge in [0.1, 0.15) is 0 Å². The zero-order valence-electron chi connectivity index (χ0n) is 15.6. The van der Waals surface area contributed by atoms with Gasteiger partial charge in [0.05, 0.1) is 0 Å². The summed E-state index contributed by atoms with van der Waals surface area (Å²) in [5.41, 5.74) is 3.30. The normalized spacial score (nSPS) is 17.1. The number of carbonyl (C=O) groups excluding carboxylic acids is 1. The number of rotatable bonds is 4. The van der Waals surface area contributed by atoms with Gasteiger partial charge in [0.25, 0.3) is 0 Å². The molecule has 2 aromatic rings. The number of benzene rings is 1. The summed E-state index contributed by atoms with van der Waals surface area (Å²) in [6, 6.07) is 5.89. The van der Waals surface area contributed by atoms with Crippen molar-refractivity contribution in [3.63, 3.8) is 0 Å². The van der Waals surface area contributed by atoms with Crippen LogP contribution in [0.25, 0.3) is 0 Å². The van der Waals surface area contributed by atoms with E-state index < -0.39 is 12.0 Å². The number of imidazole rings is 1. The molecule has 1 aromatic carbocycles. The van der Waals surface area contributed by atoms with Crippen molar-refractivity contribution in [1.29, 1.82) is 0 Å². The Bertz CT molecular complexity index is 842. The molecule has 27 heavy (non-hydrogen) atoms. The highest BCUT2D eigenvalue weighted by Gasteiger charge is 2.39. The number of hydrogen-bond donors (Lipinski definition) is 1.